The highest BCUT2D eigenvalue weighted by atomic mass is 32.2. The van der Waals surface area contributed by atoms with Crippen molar-refractivity contribution < 1.29 is 14.3 Å². The maximum absolute atomic E-state index is 13.1. The van der Waals surface area contributed by atoms with Crippen molar-refractivity contribution in [3.05, 3.63) is 40.3 Å². The molecule has 0 unspecified atom stereocenters. The first-order valence-electron chi connectivity index (χ1n) is 8.90. The molecule has 0 amide bonds. The zero-order chi connectivity index (χ0) is 19.4. The van der Waals surface area contributed by atoms with Gasteiger partial charge in [-0.05, 0) is 45.0 Å². The number of thioether (sulfide) groups is 2. The Labute approximate surface area is 166 Å². The Hall–Kier alpha value is -1.93. The fraction of sp³-hybridized carbons (Fsp3) is 0.421. The molecule has 8 heteroatoms. The SMILES string of the molecule is CCOC(=O)[C@@H](C)Sc1nc2c(c(=O)n1-c1ccc(OCC)cc1)SCC2. The highest BCUT2D eigenvalue weighted by Gasteiger charge is 2.25. The predicted octanol–water partition coefficient (Wildman–Crippen LogP) is 3.32. The van der Waals surface area contributed by atoms with Crippen LogP contribution in [-0.4, -0.2) is 39.7 Å². The summed E-state index contributed by atoms with van der Waals surface area (Å²) in [7, 11) is 0. The molecule has 3 rings (SSSR count). The zero-order valence-electron chi connectivity index (χ0n) is 15.6. The molecule has 0 saturated heterocycles. The largest absolute Gasteiger partial charge is 0.494 e. The average molecular weight is 407 g/mol. The van der Waals surface area contributed by atoms with Gasteiger partial charge >= 0.3 is 5.97 Å². The van der Waals surface area contributed by atoms with Gasteiger partial charge in [-0.25, -0.2) is 4.98 Å². The average Bonchev–Trinajstić information content (AvgIpc) is 3.12. The molecule has 1 aromatic heterocycles. The highest BCUT2D eigenvalue weighted by Crippen LogP contribution is 2.31. The summed E-state index contributed by atoms with van der Waals surface area (Å²) in [4.78, 5) is 30.6. The summed E-state index contributed by atoms with van der Waals surface area (Å²) in [6, 6.07) is 7.32. The van der Waals surface area contributed by atoms with Crippen LogP contribution in [0.3, 0.4) is 0 Å². The van der Waals surface area contributed by atoms with Crippen molar-refractivity contribution in [1.29, 1.82) is 0 Å². The van der Waals surface area contributed by atoms with Gasteiger partial charge in [0, 0.05) is 12.2 Å². The van der Waals surface area contributed by atoms with E-state index in [9.17, 15) is 9.59 Å². The number of hydrogen-bond acceptors (Lipinski definition) is 7. The second-order valence-electron chi connectivity index (χ2n) is 5.85. The smallest absolute Gasteiger partial charge is 0.319 e. The van der Waals surface area contributed by atoms with Crippen LogP contribution >= 0.6 is 23.5 Å². The minimum Gasteiger partial charge on any atom is -0.494 e. The maximum Gasteiger partial charge on any atom is 0.319 e. The number of carbonyl (C=O) groups is 1. The van der Waals surface area contributed by atoms with Gasteiger partial charge in [-0.1, -0.05) is 11.8 Å². The summed E-state index contributed by atoms with van der Waals surface area (Å²) in [6.07, 6.45) is 0.765. The normalized spacial score (nSPS) is 13.9. The van der Waals surface area contributed by atoms with Crippen LogP contribution in [-0.2, 0) is 16.0 Å². The summed E-state index contributed by atoms with van der Waals surface area (Å²) in [5, 5.41) is 0.0452. The van der Waals surface area contributed by atoms with Gasteiger partial charge in [0.25, 0.3) is 5.56 Å². The molecule has 0 N–H and O–H groups in total. The van der Waals surface area contributed by atoms with Crippen molar-refractivity contribution in [2.75, 3.05) is 19.0 Å². The fourth-order valence-corrected chi connectivity index (χ4v) is 4.69. The van der Waals surface area contributed by atoms with Crippen LogP contribution in [0.2, 0.25) is 0 Å². The second-order valence-corrected chi connectivity index (χ2v) is 8.26. The molecule has 2 aromatic rings. The van der Waals surface area contributed by atoms with Crippen molar-refractivity contribution in [3.63, 3.8) is 0 Å². The van der Waals surface area contributed by atoms with E-state index in [1.165, 1.54) is 23.5 Å². The minimum atomic E-state index is -0.460. The third kappa shape index (κ3) is 4.32. The molecule has 1 aliphatic heterocycles. The Kier molecular flexibility index (Phi) is 6.49. The van der Waals surface area contributed by atoms with Gasteiger partial charge in [-0.2, -0.15) is 0 Å². The summed E-state index contributed by atoms with van der Waals surface area (Å²) in [6.45, 7) is 6.36. The standard InChI is InChI=1S/C19H22N2O4S2/c1-4-24-14-8-6-13(7-9-14)21-17(22)16-15(10-11-26-16)20-19(21)27-12(3)18(23)25-5-2/h6-9,12H,4-5,10-11H2,1-3H3/t12-/m1/s1. The lowest BCUT2D eigenvalue weighted by atomic mass is 10.3. The van der Waals surface area contributed by atoms with Gasteiger partial charge < -0.3 is 9.47 Å². The van der Waals surface area contributed by atoms with Crippen LogP contribution in [0.1, 0.15) is 26.5 Å². The third-order valence-corrected chi connectivity index (χ3v) is 6.11. The lowest BCUT2D eigenvalue weighted by molar-refractivity contribution is -0.142. The van der Waals surface area contributed by atoms with E-state index in [2.05, 4.69) is 0 Å². The Bertz CT molecular complexity index is 881. The third-order valence-electron chi connectivity index (χ3n) is 3.97. The Morgan fingerprint density at radius 3 is 2.70 bits per heavy atom. The quantitative estimate of drug-likeness (QED) is 0.397. The van der Waals surface area contributed by atoms with Gasteiger partial charge in [0.2, 0.25) is 0 Å². The number of rotatable bonds is 7. The summed E-state index contributed by atoms with van der Waals surface area (Å²) < 4.78 is 12.1. The van der Waals surface area contributed by atoms with Crippen LogP contribution in [0.4, 0.5) is 0 Å². The fourth-order valence-electron chi connectivity index (χ4n) is 2.72. The molecule has 0 bridgehead atoms. The number of carbonyl (C=O) groups excluding carboxylic acids is 1. The van der Waals surface area contributed by atoms with Gasteiger partial charge in [0.1, 0.15) is 11.0 Å². The van der Waals surface area contributed by atoms with Crippen LogP contribution < -0.4 is 10.3 Å². The second kappa shape index (κ2) is 8.84. The number of ether oxygens (including phenoxy) is 2. The van der Waals surface area contributed by atoms with E-state index in [0.29, 0.717) is 29.0 Å². The van der Waals surface area contributed by atoms with E-state index in [1.54, 1.807) is 18.4 Å². The summed E-state index contributed by atoms with van der Waals surface area (Å²) >= 11 is 2.78. The first kappa shape index (κ1) is 19.8. The minimum absolute atomic E-state index is 0.0924. The number of fused-ring (bicyclic) bond motifs is 1. The Morgan fingerprint density at radius 2 is 2.04 bits per heavy atom. The molecule has 0 fully saturated rings. The van der Waals surface area contributed by atoms with Crippen LogP contribution in [0.25, 0.3) is 5.69 Å². The van der Waals surface area contributed by atoms with Crippen LogP contribution in [0.5, 0.6) is 5.75 Å². The number of aryl methyl sites for hydroxylation is 1. The molecule has 2 heterocycles. The van der Waals surface area contributed by atoms with Crippen molar-refractivity contribution in [2.24, 2.45) is 0 Å². The molecule has 6 nitrogen and oxygen atoms in total. The molecule has 1 aromatic carbocycles. The number of benzene rings is 1. The molecule has 0 spiro atoms. The van der Waals surface area contributed by atoms with Gasteiger partial charge in [0.05, 0.1) is 29.5 Å². The molecular formula is C19H22N2O4S2. The molecule has 0 saturated carbocycles. The number of hydrogen-bond donors (Lipinski definition) is 0. The highest BCUT2D eigenvalue weighted by molar-refractivity contribution is 8.00. The van der Waals surface area contributed by atoms with Crippen LogP contribution in [0.15, 0.2) is 39.1 Å². The molecule has 0 aliphatic carbocycles. The first-order valence-corrected chi connectivity index (χ1v) is 10.8. The van der Waals surface area contributed by atoms with Gasteiger partial charge in [-0.3, -0.25) is 14.2 Å². The molecular weight excluding hydrogens is 384 g/mol. The van der Waals surface area contributed by atoms with E-state index < -0.39 is 5.25 Å². The monoisotopic (exact) mass is 406 g/mol. The molecule has 144 valence electrons. The van der Waals surface area contributed by atoms with Crippen molar-refractivity contribution >= 4 is 29.5 Å². The number of nitrogens with zero attached hydrogens (tertiary/aromatic N) is 2. The Balaban J connectivity index is 2.03. The van der Waals surface area contributed by atoms with Crippen molar-refractivity contribution in [1.82, 2.24) is 9.55 Å². The van der Waals surface area contributed by atoms with E-state index in [-0.39, 0.29) is 11.5 Å². The first-order chi connectivity index (χ1) is 13.0. The maximum atomic E-state index is 13.1. The van der Waals surface area contributed by atoms with Crippen molar-refractivity contribution in [2.45, 2.75) is 42.5 Å². The summed E-state index contributed by atoms with van der Waals surface area (Å²) in [5.74, 6) is 1.28. The number of aromatic nitrogens is 2. The van der Waals surface area contributed by atoms with E-state index in [1.807, 2.05) is 31.2 Å². The lowest BCUT2D eigenvalue weighted by Gasteiger charge is -2.16. The molecule has 1 aliphatic rings. The van der Waals surface area contributed by atoms with Crippen LogP contribution in [0, 0.1) is 0 Å². The zero-order valence-corrected chi connectivity index (χ0v) is 17.2. The lowest BCUT2D eigenvalue weighted by Crippen LogP contribution is -2.26. The topological polar surface area (TPSA) is 70.4 Å². The van der Waals surface area contributed by atoms with E-state index in [4.69, 9.17) is 14.5 Å². The predicted molar refractivity (Wildman–Crippen MR) is 107 cm³/mol. The number of esters is 1. The van der Waals surface area contributed by atoms with E-state index >= 15 is 0 Å². The summed E-state index contributed by atoms with van der Waals surface area (Å²) in [5.41, 5.74) is 1.42. The molecule has 1 atom stereocenters. The molecule has 27 heavy (non-hydrogen) atoms. The van der Waals surface area contributed by atoms with Gasteiger partial charge in [0.15, 0.2) is 5.16 Å². The Morgan fingerprint density at radius 1 is 1.30 bits per heavy atom. The molecule has 0 radical (unpaired) electrons. The van der Waals surface area contributed by atoms with E-state index in [0.717, 1.165) is 23.6 Å². The van der Waals surface area contributed by atoms with Crippen molar-refractivity contribution in [3.8, 4) is 11.4 Å². The van der Waals surface area contributed by atoms with Gasteiger partial charge in [-0.15, -0.1) is 11.8 Å².